The molecule has 0 bridgehead atoms. The highest BCUT2D eigenvalue weighted by Gasteiger charge is 2.11. The second-order valence-electron chi connectivity index (χ2n) is 4.41. The van der Waals surface area contributed by atoms with E-state index in [9.17, 15) is 9.18 Å². The third-order valence-corrected chi connectivity index (χ3v) is 3.56. The first-order valence-electron chi connectivity index (χ1n) is 5.94. The highest BCUT2D eigenvalue weighted by atomic mass is 32.1. The zero-order valence-electron chi connectivity index (χ0n) is 10.9. The van der Waals surface area contributed by atoms with Gasteiger partial charge in [0.2, 0.25) is 5.91 Å². The minimum absolute atomic E-state index is 0.0451. The van der Waals surface area contributed by atoms with Gasteiger partial charge in [-0.3, -0.25) is 4.79 Å². The molecular weight excluding hydrogens is 263 g/mol. The third-order valence-electron chi connectivity index (χ3n) is 2.74. The molecule has 3 nitrogen and oxygen atoms in total. The van der Waals surface area contributed by atoms with Crippen molar-refractivity contribution in [1.29, 1.82) is 0 Å². The van der Waals surface area contributed by atoms with Gasteiger partial charge in [0, 0.05) is 12.4 Å². The van der Waals surface area contributed by atoms with Gasteiger partial charge in [-0.1, -0.05) is 12.1 Å². The van der Waals surface area contributed by atoms with Crippen LogP contribution in [0.25, 0.3) is 0 Å². The number of carbonyl (C=O) groups excluding carboxylic acids is 1. The molecule has 5 heteroatoms. The van der Waals surface area contributed by atoms with Crippen LogP contribution in [0.1, 0.15) is 16.3 Å². The van der Waals surface area contributed by atoms with E-state index in [4.69, 9.17) is 0 Å². The van der Waals surface area contributed by atoms with Crippen molar-refractivity contribution in [2.75, 3.05) is 7.05 Å². The lowest BCUT2D eigenvalue weighted by molar-refractivity contribution is -0.129. The lowest BCUT2D eigenvalue weighted by atomic mass is 10.1. The summed E-state index contributed by atoms with van der Waals surface area (Å²) in [6, 6.07) is 6.12. The predicted molar refractivity (Wildman–Crippen MR) is 73.4 cm³/mol. The summed E-state index contributed by atoms with van der Waals surface area (Å²) in [5, 5.41) is 2.93. The van der Waals surface area contributed by atoms with Gasteiger partial charge in [0.1, 0.15) is 5.82 Å². The summed E-state index contributed by atoms with van der Waals surface area (Å²) in [4.78, 5) is 17.9. The average Bonchev–Trinajstić information content (AvgIpc) is 2.74. The molecule has 0 aliphatic heterocycles. The fourth-order valence-electron chi connectivity index (χ4n) is 1.77. The number of rotatable bonds is 4. The van der Waals surface area contributed by atoms with Gasteiger partial charge in [-0.25, -0.2) is 9.37 Å². The van der Waals surface area contributed by atoms with Gasteiger partial charge in [-0.05, 0) is 24.6 Å². The SMILES string of the molecule is Cc1nc(CN(C)C(=O)Cc2cccc(F)c2)cs1. The van der Waals surface area contributed by atoms with Crippen molar-refractivity contribution in [2.24, 2.45) is 0 Å². The smallest absolute Gasteiger partial charge is 0.227 e. The van der Waals surface area contributed by atoms with Crippen molar-refractivity contribution in [3.63, 3.8) is 0 Å². The van der Waals surface area contributed by atoms with Crippen molar-refractivity contribution < 1.29 is 9.18 Å². The number of hydrogen-bond donors (Lipinski definition) is 0. The van der Waals surface area contributed by atoms with Crippen LogP contribution in [-0.4, -0.2) is 22.8 Å². The average molecular weight is 278 g/mol. The number of amides is 1. The summed E-state index contributed by atoms with van der Waals surface area (Å²) in [7, 11) is 1.73. The predicted octanol–water partition coefficient (Wildman–Crippen LogP) is 2.79. The minimum Gasteiger partial charge on any atom is -0.340 e. The quantitative estimate of drug-likeness (QED) is 0.861. The number of carbonyl (C=O) groups is 1. The largest absolute Gasteiger partial charge is 0.340 e. The summed E-state index contributed by atoms with van der Waals surface area (Å²) < 4.78 is 13.0. The first-order valence-corrected chi connectivity index (χ1v) is 6.82. The Bertz CT molecular complexity index is 582. The van der Waals surface area contributed by atoms with Crippen LogP contribution in [0.15, 0.2) is 29.6 Å². The molecular formula is C14H15FN2OS. The van der Waals surface area contributed by atoms with Gasteiger partial charge in [-0.2, -0.15) is 0 Å². The second-order valence-corrected chi connectivity index (χ2v) is 5.48. The number of hydrogen-bond acceptors (Lipinski definition) is 3. The van der Waals surface area contributed by atoms with Crippen LogP contribution in [-0.2, 0) is 17.8 Å². The molecule has 1 amide bonds. The number of aryl methyl sites for hydroxylation is 1. The Labute approximate surface area is 115 Å². The van der Waals surface area contributed by atoms with Gasteiger partial charge in [0.05, 0.1) is 23.7 Å². The van der Waals surface area contributed by atoms with E-state index in [2.05, 4.69) is 4.98 Å². The number of likely N-dealkylation sites (N-methyl/N-ethyl adjacent to an activating group) is 1. The topological polar surface area (TPSA) is 33.2 Å². The fourth-order valence-corrected chi connectivity index (χ4v) is 2.37. The molecule has 100 valence electrons. The molecule has 2 aromatic rings. The Hall–Kier alpha value is -1.75. The van der Waals surface area contributed by atoms with E-state index < -0.39 is 0 Å². The Morgan fingerprint density at radius 3 is 2.89 bits per heavy atom. The molecule has 2 rings (SSSR count). The molecule has 0 aliphatic carbocycles. The zero-order valence-corrected chi connectivity index (χ0v) is 11.7. The van der Waals surface area contributed by atoms with E-state index >= 15 is 0 Å². The van der Waals surface area contributed by atoms with Crippen molar-refractivity contribution in [1.82, 2.24) is 9.88 Å². The van der Waals surface area contributed by atoms with Crippen LogP contribution in [0.2, 0.25) is 0 Å². The van der Waals surface area contributed by atoms with E-state index in [1.807, 2.05) is 12.3 Å². The molecule has 0 unspecified atom stereocenters. The number of aromatic nitrogens is 1. The summed E-state index contributed by atoms with van der Waals surface area (Å²) in [6.45, 7) is 2.42. The first kappa shape index (κ1) is 13.7. The minimum atomic E-state index is -0.317. The van der Waals surface area contributed by atoms with Crippen LogP contribution < -0.4 is 0 Å². The summed E-state index contributed by atoms with van der Waals surface area (Å²) >= 11 is 1.57. The highest BCUT2D eigenvalue weighted by Crippen LogP contribution is 2.11. The number of thiazole rings is 1. The number of benzene rings is 1. The Morgan fingerprint density at radius 1 is 1.47 bits per heavy atom. The Balaban J connectivity index is 1.96. The first-order chi connectivity index (χ1) is 9.04. The van der Waals surface area contributed by atoms with Crippen LogP contribution in [0.4, 0.5) is 4.39 Å². The van der Waals surface area contributed by atoms with E-state index in [0.717, 1.165) is 10.7 Å². The van der Waals surface area contributed by atoms with Crippen LogP contribution in [0.3, 0.4) is 0 Å². The van der Waals surface area contributed by atoms with E-state index in [1.54, 1.807) is 35.4 Å². The van der Waals surface area contributed by atoms with E-state index in [1.165, 1.54) is 12.1 Å². The molecule has 0 N–H and O–H groups in total. The van der Waals surface area contributed by atoms with Crippen LogP contribution in [0, 0.1) is 12.7 Å². The van der Waals surface area contributed by atoms with Gasteiger partial charge < -0.3 is 4.90 Å². The molecule has 19 heavy (non-hydrogen) atoms. The van der Waals surface area contributed by atoms with Gasteiger partial charge in [0.15, 0.2) is 0 Å². The maximum atomic E-state index is 13.0. The summed E-state index contributed by atoms with van der Waals surface area (Å²) in [5.41, 5.74) is 1.57. The Kier molecular flexibility index (Phi) is 4.27. The Morgan fingerprint density at radius 2 is 2.26 bits per heavy atom. The second kappa shape index (κ2) is 5.93. The molecule has 1 aromatic carbocycles. The highest BCUT2D eigenvalue weighted by molar-refractivity contribution is 7.09. The molecule has 0 spiro atoms. The summed E-state index contributed by atoms with van der Waals surface area (Å²) in [6.07, 6.45) is 0.206. The van der Waals surface area contributed by atoms with E-state index in [0.29, 0.717) is 12.1 Å². The molecule has 0 saturated heterocycles. The lowest BCUT2D eigenvalue weighted by Gasteiger charge is -2.15. The van der Waals surface area contributed by atoms with Gasteiger partial charge in [-0.15, -0.1) is 11.3 Å². The van der Waals surface area contributed by atoms with Gasteiger partial charge >= 0.3 is 0 Å². The monoisotopic (exact) mass is 278 g/mol. The molecule has 1 aromatic heterocycles. The molecule has 1 heterocycles. The van der Waals surface area contributed by atoms with Crippen LogP contribution >= 0.6 is 11.3 Å². The fraction of sp³-hybridized carbons (Fsp3) is 0.286. The lowest BCUT2D eigenvalue weighted by Crippen LogP contribution is -2.27. The molecule has 0 radical (unpaired) electrons. The maximum Gasteiger partial charge on any atom is 0.227 e. The third kappa shape index (κ3) is 3.86. The molecule has 0 aliphatic rings. The van der Waals surface area contributed by atoms with Crippen molar-refractivity contribution in [3.05, 3.63) is 51.7 Å². The zero-order chi connectivity index (χ0) is 13.8. The summed E-state index contributed by atoms with van der Waals surface area (Å²) in [5.74, 6) is -0.362. The van der Waals surface area contributed by atoms with Crippen molar-refractivity contribution >= 4 is 17.2 Å². The normalized spacial score (nSPS) is 10.5. The maximum absolute atomic E-state index is 13.0. The number of halogens is 1. The van der Waals surface area contributed by atoms with Crippen molar-refractivity contribution in [2.45, 2.75) is 19.9 Å². The molecule has 0 atom stereocenters. The molecule has 0 saturated carbocycles. The van der Waals surface area contributed by atoms with Gasteiger partial charge in [0.25, 0.3) is 0 Å². The standard InChI is InChI=1S/C14H15FN2OS/c1-10-16-13(9-19-10)8-17(2)14(18)7-11-4-3-5-12(15)6-11/h3-6,9H,7-8H2,1-2H3. The molecule has 0 fully saturated rings. The number of nitrogens with zero attached hydrogens (tertiary/aromatic N) is 2. The van der Waals surface area contributed by atoms with E-state index in [-0.39, 0.29) is 18.1 Å². The van der Waals surface area contributed by atoms with Crippen molar-refractivity contribution in [3.8, 4) is 0 Å². The van der Waals surface area contributed by atoms with Crippen LogP contribution in [0.5, 0.6) is 0 Å².